The van der Waals surface area contributed by atoms with Gasteiger partial charge in [-0.1, -0.05) is 13.8 Å². The van der Waals surface area contributed by atoms with Gasteiger partial charge in [0.1, 0.15) is 18.1 Å². The van der Waals surface area contributed by atoms with E-state index in [2.05, 4.69) is 16.0 Å². The second-order valence-electron chi connectivity index (χ2n) is 7.75. The summed E-state index contributed by atoms with van der Waals surface area (Å²) in [7, 11) is 0. The maximum atomic E-state index is 12.9. The summed E-state index contributed by atoms with van der Waals surface area (Å²) in [5.74, 6) is -5.08. The number of primary amides is 2. The van der Waals surface area contributed by atoms with Crippen LogP contribution in [0, 0.1) is 5.92 Å². The molecule has 0 aromatic carbocycles. The van der Waals surface area contributed by atoms with Crippen LogP contribution in [0.5, 0.6) is 0 Å². The highest BCUT2D eigenvalue weighted by molar-refractivity contribution is 7.98. The summed E-state index contributed by atoms with van der Waals surface area (Å²) < 4.78 is 0. The number of hydrogen-bond donors (Lipinski definition) is 7. The van der Waals surface area contributed by atoms with Crippen LogP contribution < -0.4 is 33.2 Å². The van der Waals surface area contributed by atoms with Crippen LogP contribution in [0.3, 0.4) is 0 Å². The van der Waals surface area contributed by atoms with E-state index in [0.29, 0.717) is 5.75 Å². The number of rotatable bonds is 16. The summed E-state index contributed by atoms with van der Waals surface area (Å²) in [6.45, 7) is 3.19. The highest BCUT2D eigenvalue weighted by Gasteiger charge is 2.31. The van der Waals surface area contributed by atoms with E-state index in [1.807, 2.05) is 0 Å². The van der Waals surface area contributed by atoms with Crippen molar-refractivity contribution < 1.29 is 33.9 Å². The fraction of sp³-hybridized carbons (Fsp3) is 0.684. The van der Waals surface area contributed by atoms with E-state index in [1.165, 1.54) is 11.8 Å². The van der Waals surface area contributed by atoms with Crippen LogP contribution in [0.15, 0.2) is 0 Å². The molecule has 10 N–H and O–H groups in total. The van der Waals surface area contributed by atoms with Crippen LogP contribution in [-0.4, -0.2) is 76.8 Å². The third-order valence-corrected chi connectivity index (χ3v) is 5.19. The summed E-state index contributed by atoms with van der Waals surface area (Å²) >= 11 is 1.41. The molecule has 0 rings (SSSR count). The molecule has 4 unspecified atom stereocenters. The molecule has 0 heterocycles. The summed E-state index contributed by atoms with van der Waals surface area (Å²) in [4.78, 5) is 71.4. The number of carboxylic acids is 1. The molecule has 0 saturated carbocycles. The zero-order valence-electron chi connectivity index (χ0n) is 19.0. The summed E-state index contributed by atoms with van der Waals surface area (Å²) in [6, 6.07) is -4.86. The Labute approximate surface area is 196 Å². The minimum absolute atomic E-state index is 0.177. The number of nitrogens with one attached hydrogen (secondary N) is 3. The Bertz CT molecular complexity index is 733. The molecule has 0 fully saturated rings. The molecule has 0 aromatic rings. The molecule has 5 amide bonds. The Morgan fingerprint density at radius 3 is 1.82 bits per heavy atom. The Hall–Kier alpha value is -2.87. The van der Waals surface area contributed by atoms with Gasteiger partial charge in [0.15, 0.2) is 0 Å². The first-order valence-corrected chi connectivity index (χ1v) is 11.6. The van der Waals surface area contributed by atoms with E-state index in [4.69, 9.17) is 17.2 Å². The lowest BCUT2D eigenvalue weighted by Crippen LogP contribution is -2.58. The van der Waals surface area contributed by atoms with Gasteiger partial charge in [0.2, 0.25) is 29.5 Å². The smallest absolute Gasteiger partial charge is 0.326 e. The zero-order valence-corrected chi connectivity index (χ0v) is 19.8. The van der Waals surface area contributed by atoms with Crippen molar-refractivity contribution in [3.8, 4) is 0 Å². The van der Waals surface area contributed by atoms with Crippen molar-refractivity contribution in [2.24, 2.45) is 23.1 Å². The van der Waals surface area contributed by atoms with Gasteiger partial charge in [-0.25, -0.2) is 4.79 Å². The first-order valence-electron chi connectivity index (χ1n) is 10.2. The maximum Gasteiger partial charge on any atom is 0.326 e. The van der Waals surface area contributed by atoms with Crippen LogP contribution in [0.4, 0.5) is 0 Å². The normalized spacial score (nSPS) is 14.5. The molecule has 0 bridgehead atoms. The molecule has 0 spiro atoms. The van der Waals surface area contributed by atoms with E-state index < -0.39 is 72.0 Å². The fourth-order valence-electron chi connectivity index (χ4n) is 2.69. The van der Waals surface area contributed by atoms with Gasteiger partial charge < -0.3 is 38.3 Å². The van der Waals surface area contributed by atoms with Crippen molar-refractivity contribution >= 4 is 47.3 Å². The molecule has 13 nitrogen and oxygen atoms in total. The third-order valence-electron chi connectivity index (χ3n) is 4.54. The quantitative estimate of drug-likeness (QED) is 0.120. The number of thioether (sulfide) groups is 1. The highest BCUT2D eigenvalue weighted by Crippen LogP contribution is 2.07. The lowest BCUT2D eigenvalue weighted by Gasteiger charge is -2.25. The first kappa shape index (κ1) is 30.1. The van der Waals surface area contributed by atoms with E-state index in [9.17, 15) is 33.9 Å². The Kier molecular flexibility index (Phi) is 13.7. The van der Waals surface area contributed by atoms with Gasteiger partial charge in [-0.15, -0.1) is 0 Å². The van der Waals surface area contributed by atoms with Crippen LogP contribution in [0.2, 0.25) is 0 Å². The molecule has 0 aromatic heterocycles. The molecule has 188 valence electrons. The van der Waals surface area contributed by atoms with Crippen molar-refractivity contribution in [3.63, 3.8) is 0 Å². The molecule has 0 aliphatic carbocycles. The number of carbonyl (C=O) groups is 6. The number of amides is 5. The molecule has 0 radical (unpaired) electrons. The van der Waals surface area contributed by atoms with Crippen molar-refractivity contribution in [2.45, 2.75) is 63.7 Å². The van der Waals surface area contributed by atoms with Gasteiger partial charge in [-0.05, 0) is 30.8 Å². The molecule has 4 atom stereocenters. The largest absolute Gasteiger partial charge is 0.480 e. The van der Waals surface area contributed by atoms with Crippen LogP contribution in [0.25, 0.3) is 0 Å². The standard InChI is InChI=1S/C19H34N6O7S/c1-9(2)15(19(31)32)25-18(30)11(4-5-13(21)26)24-17(29)12(6-7-33-3)23-16(28)10(20)8-14(22)27/h9-12,15H,4-8,20H2,1-3H3,(H2,21,26)(H2,22,27)(H,23,28)(H,24,29)(H,25,30)(H,31,32). The predicted molar refractivity (Wildman–Crippen MR) is 121 cm³/mol. The van der Waals surface area contributed by atoms with Gasteiger partial charge in [0.05, 0.1) is 12.5 Å². The topological polar surface area (TPSA) is 237 Å². The van der Waals surface area contributed by atoms with E-state index in [-0.39, 0.29) is 19.3 Å². The second kappa shape index (κ2) is 15.1. The highest BCUT2D eigenvalue weighted by atomic mass is 32.2. The van der Waals surface area contributed by atoms with Gasteiger partial charge in [-0.3, -0.25) is 24.0 Å². The van der Waals surface area contributed by atoms with Crippen molar-refractivity contribution in [1.82, 2.24) is 16.0 Å². The molecule has 33 heavy (non-hydrogen) atoms. The summed E-state index contributed by atoms with van der Waals surface area (Å²) in [5.41, 5.74) is 15.8. The van der Waals surface area contributed by atoms with Crippen molar-refractivity contribution in [1.29, 1.82) is 0 Å². The third kappa shape index (κ3) is 12.1. The maximum absolute atomic E-state index is 12.9. The molecule has 0 aliphatic heterocycles. The van der Waals surface area contributed by atoms with Crippen LogP contribution >= 0.6 is 11.8 Å². The van der Waals surface area contributed by atoms with E-state index in [1.54, 1.807) is 20.1 Å². The van der Waals surface area contributed by atoms with Gasteiger partial charge in [0, 0.05) is 6.42 Å². The molecular formula is C19H34N6O7S. The number of carbonyl (C=O) groups excluding carboxylic acids is 5. The number of hydrogen-bond acceptors (Lipinski definition) is 8. The van der Waals surface area contributed by atoms with Gasteiger partial charge in [0.25, 0.3) is 0 Å². The lowest BCUT2D eigenvalue weighted by molar-refractivity contribution is -0.143. The Balaban J connectivity index is 5.53. The zero-order chi connectivity index (χ0) is 25.7. The Morgan fingerprint density at radius 2 is 1.36 bits per heavy atom. The summed E-state index contributed by atoms with van der Waals surface area (Å²) in [6.07, 6.45) is 1.12. The van der Waals surface area contributed by atoms with Crippen molar-refractivity contribution in [2.75, 3.05) is 12.0 Å². The van der Waals surface area contributed by atoms with Crippen molar-refractivity contribution in [3.05, 3.63) is 0 Å². The lowest BCUT2D eigenvalue weighted by atomic mass is 10.0. The van der Waals surface area contributed by atoms with Crippen LogP contribution in [0.1, 0.15) is 39.5 Å². The number of nitrogens with two attached hydrogens (primary N) is 3. The van der Waals surface area contributed by atoms with E-state index >= 15 is 0 Å². The molecule has 0 saturated heterocycles. The fourth-order valence-corrected chi connectivity index (χ4v) is 3.16. The number of aliphatic carboxylic acids is 1. The minimum atomic E-state index is -1.28. The minimum Gasteiger partial charge on any atom is -0.480 e. The summed E-state index contributed by atoms with van der Waals surface area (Å²) in [5, 5.41) is 16.5. The predicted octanol–water partition coefficient (Wildman–Crippen LogP) is -2.60. The monoisotopic (exact) mass is 490 g/mol. The van der Waals surface area contributed by atoms with Gasteiger partial charge in [-0.2, -0.15) is 11.8 Å². The molecule has 0 aliphatic rings. The SMILES string of the molecule is CSCCC(NC(=O)C(N)CC(N)=O)C(=O)NC(CCC(N)=O)C(=O)NC(C(=O)O)C(C)C. The van der Waals surface area contributed by atoms with Crippen LogP contribution in [-0.2, 0) is 28.8 Å². The second-order valence-corrected chi connectivity index (χ2v) is 8.74. The first-order chi connectivity index (χ1) is 15.3. The van der Waals surface area contributed by atoms with Gasteiger partial charge >= 0.3 is 5.97 Å². The molecular weight excluding hydrogens is 456 g/mol. The Morgan fingerprint density at radius 1 is 0.848 bits per heavy atom. The van der Waals surface area contributed by atoms with E-state index in [0.717, 1.165) is 0 Å². The average molecular weight is 491 g/mol. The molecule has 14 heteroatoms. The average Bonchev–Trinajstić information content (AvgIpc) is 2.70. The number of carboxylic acid groups (broad SMARTS) is 1.